The average molecular weight is 499 g/mol. The Balaban J connectivity index is 1.65. The average Bonchev–Trinajstić information content (AvgIpc) is 3.31. The molecular formula is C24H20F3N5O4. The minimum absolute atomic E-state index is 0.0129. The first-order chi connectivity index (χ1) is 17.2. The van der Waals surface area contributed by atoms with E-state index >= 15 is 0 Å². The van der Waals surface area contributed by atoms with Crippen LogP contribution in [0.25, 0.3) is 16.5 Å². The van der Waals surface area contributed by atoms with Crippen LogP contribution in [0, 0.1) is 0 Å². The number of rotatable bonds is 6. The fourth-order valence-electron chi connectivity index (χ4n) is 3.67. The Morgan fingerprint density at radius 1 is 1.03 bits per heavy atom. The van der Waals surface area contributed by atoms with Gasteiger partial charge in [0, 0.05) is 17.6 Å². The molecule has 0 aliphatic heterocycles. The van der Waals surface area contributed by atoms with Crippen LogP contribution in [0.5, 0.6) is 0 Å². The monoisotopic (exact) mass is 499 g/mol. The van der Waals surface area contributed by atoms with Crippen LogP contribution in [0.2, 0.25) is 0 Å². The third kappa shape index (κ3) is 4.57. The van der Waals surface area contributed by atoms with E-state index in [-0.39, 0.29) is 35.8 Å². The summed E-state index contributed by atoms with van der Waals surface area (Å²) in [4.78, 5) is 37.5. The number of nitrogens with one attached hydrogen (secondary N) is 1. The van der Waals surface area contributed by atoms with Gasteiger partial charge in [-0.3, -0.25) is 9.59 Å². The van der Waals surface area contributed by atoms with Gasteiger partial charge in [-0.25, -0.2) is 14.2 Å². The molecular weight excluding hydrogens is 479 g/mol. The molecule has 0 radical (unpaired) electrons. The molecule has 2 aromatic heterocycles. The molecule has 2 aromatic carbocycles. The van der Waals surface area contributed by atoms with E-state index in [1.807, 2.05) is 0 Å². The standard InChI is InChI=1S/C24H20F3N5O4/c1-3-31-22(34)17-8-6-5-7-16(17)19(30-31)21(33)29-14-9-11-15(12-10-14)32-20(24(25,26)27)18(13-28-32)23(35)36-4-2/h5-13H,3-4H2,1-2H3,(H,29,33). The van der Waals surface area contributed by atoms with Gasteiger partial charge >= 0.3 is 12.1 Å². The van der Waals surface area contributed by atoms with Crippen LogP contribution in [0.4, 0.5) is 18.9 Å². The minimum atomic E-state index is -4.87. The Morgan fingerprint density at radius 3 is 2.31 bits per heavy atom. The van der Waals surface area contributed by atoms with Crippen molar-refractivity contribution < 1.29 is 27.5 Å². The molecule has 0 spiro atoms. The van der Waals surface area contributed by atoms with E-state index in [9.17, 15) is 27.6 Å². The molecule has 186 valence electrons. The zero-order valence-electron chi connectivity index (χ0n) is 19.2. The molecule has 0 fully saturated rings. The highest BCUT2D eigenvalue weighted by molar-refractivity contribution is 6.11. The normalized spacial score (nSPS) is 11.5. The molecule has 0 aliphatic carbocycles. The maximum absolute atomic E-state index is 13.7. The molecule has 2 heterocycles. The zero-order valence-corrected chi connectivity index (χ0v) is 19.2. The quantitative estimate of drug-likeness (QED) is 0.401. The van der Waals surface area contributed by atoms with Crippen LogP contribution in [0.15, 0.2) is 59.5 Å². The van der Waals surface area contributed by atoms with Crippen molar-refractivity contribution >= 4 is 28.3 Å². The van der Waals surface area contributed by atoms with Gasteiger partial charge in [0.15, 0.2) is 11.4 Å². The number of alkyl halides is 3. The predicted octanol–water partition coefficient (Wildman–Crippen LogP) is 4.05. The van der Waals surface area contributed by atoms with Crippen molar-refractivity contribution in [3.05, 3.63) is 82.0 Å². The lowest BCUT2D eigenvalue weighted by atomic mass is 10.1. The van der Waals surface area contributed by atoms with Gasteiger partial charge in [-0.15, -0.1) is 0 Å². The maximum atomic E-state index is 13.7. The van der Waals surface area contributed by atoms with E-state index < -0.39 is 29.3 Å². The molecule has 12 heteroatoms. The number of nitrogens with zero attached hydrogens (tertiary/aromatic N) is 4. The predicted molar refractivity (Wildman–Crippen MR) is 124 cm³/mol. The summed E-state index contributed by atoms with van der Waals surface area (Å²) in [6.45, 7) is 3.38. The first-order valence-electron chi connectivity index (χ1n) is 10.9. The Labute approximate surface area is 202 Å². The number of hydrogen-bond donors (Lipinski definition) is 1. The number of amides is 1. The largest absolute Gasteiger partial charge is 0.462 e. The smallest absolute Gasteiger partial charge is 0.434 e. The van der Waals surface area contributed by atoms with E-state index in [0.29, 0.717) is 15.5 Å². The number of carbonyl (C=O) groups excluding carboxylic acids is 2. The second kappa shape index (κ2) is 9.64. The number of aromatic nitrogens is 4. The van der Waals surface area contributed by atoms with Crippen LogP contribution in [-0.2, 0) is 17.5 Å². The number of fused-ring (bicyclic) bond motifs is 1. The Kier molecular flexibility index (Phi) is 6.60. The Hall–Kier alpha value is -4.48. The van der Waals surface area contributed by atoms with Gasteiger partial charge in [-0.2, -0.15) is 23.4 Å². The van der Waals surface area contributed by atoms with Gasteiger partial charge in [0.05, 0.1) is 23.9 Å². The van der Waals surface area contributed by atoms with Crippen LogP contribution in [-0.4, -0.2) is 38.0 Å². The fraction of sp³-hybridized carbons (Fsp3) is 0.208. The van der Waals surface area contributed by atoms with Gasteiger partial charge in [0.25, 0.3) is 11.5 Å². The second-order valence-electron chi connectivity index (χ2n) is 7.55. The van der Waals surface area contributed by atoms with Crippen molar-refractivity contribution in [3.63, 3.8) is 0 Å². The van der Waals surface area contributed by atoms with Crippen molar-refractivity contribution in [2.24, 2.45) is 0 Å². The van der Waals surface area contributed by atoms with Gasteiger partial charge in [0.2, 0.25) is 0 Å². The maximum Gasteiger partial charge on any atom is 0.434 e. The first-order valence-corrected chi connectivity index (χ1v) is 10.9. The Bertz CT molecular complexity index is 1510. The molecule has 0 aliphatic rings. The first kappa shape index (κ1) is 24.6. The number of hydrogen-bond acceptors (Lipinski definition) is 6. The van der Waals surface area contributed by atoms with Gasteiger partial charge in [-0.05, 0) is 44.2 Å². The van der Waals surface area contributed by atoms with Crippen LogP contribution < -0.4 is 10.9 Å². The molecule has 36 heavy (non-hydrogen) atoms. The molecule has 1 N–H and O–H groups in total. The molecule has 4 aromatic rings. The zero-order chi connectivity index (χ0) is 26.0. The molecule has 9 nitrogen and oxygen atoms in total. The molecule has 0 atom stereocenters. The number of halogens is 3. The lowest BCUT2D eigenvalue weighted by Crippen LogP contribution is -2.27. The molecule has 0 saturated carbocycles. The summed E-state index contributed by atoms with van der Waals surface area (Å²) in [5.41, 5.74) is -1.98. The summed E-state index contributed by atoms with van der Waals surface area (Å²) in [6, 6.07) is 12.0. The highest BCUT2D eigenvalue weighted by Crippen LogP contribution is 2.34. The molecule has 0 unspecified atom stereocenters. The van der Waals surface area contributed by atoms with Gasteiger partial charge in [-0.1, -0.05) is 18.2 Å². The topological polar surface area (TPSA) is 108 Å². The summed E-state index contributed by atoms with van der Waals surface area (Å²) < 4.78 is 47.7. The van der Waals surface area contributed by atoms with E-state index in [1.54, 1.807) is 31.2 Å². The van der Waals surface area contributed by atoms with E-state index in [0.717, 1.165) is 6.20 Å². The van der Waals surface area contributed by atoms with Crippen molar-refractivity contribution in [2.75, 3.05) is 11.9 Å². The summed E-state index contributed by atoms with van der Waals surface area (Å²) in [7, 11) is 0. The number of esters is 1. The van der Waals surface area contributed by atoms with Crippen LogP contribution >= 0.6 is 0 Å². The number of benzene rings is 2. The van der Waals surface area contributed by atoms with Crippen molar-refractivity contribution in [1.82, 2.24) is 19.6 Å². The third-order valence-electron chi connectivity index (χ3n) is 5.29. The molecule has 0 bridgehead atoms. The lowest BCUT2D eigenvalue weighted by molar-refractivity contribution is -0.143. The van der Waals surface area contributed by atoms with E-state index in [2.05, 4.69) is 15.5 Å². The fourth-order valence-corrected chi connectivity index (χ4v) is 3.67. The summed E-state index contributed by atoms with van der Waals surface area (Å²) >= 11 is 0. The number of anilines is 1. The van der Waals surface area contributed by atoms with Gasteiger partial charge < -0.3 is 10.1 Å². The van der Waals surface area contributed by atoms with Crippen molar-refractivity contribution in [2.45, 2.75) is 26.6 Å². The number of carbonyl (C=O) groups is 2. The SMILES string of the molecule is CCOC(=O)c1cnn(-c2ccc(NC(=O)c3nn(CC)c(=O)c4ccccc34)cc2)c1C(F)(F)F. The van der Waals surface area contributed by atoms with E-state index in [4.69, 9.17) is 4.74 Å². The van der Waals surface area contributed by atoms with Crippen LogP contribution in [0.3, 0.4) is 0 Å². The number of aryl methyl sites for hydroxylation is 1. The summed E-state index contributed by atoms with van der Waals surface area (Å²) in [5, 5.41) is 11.2. The lowest BCUT2D eigenvalue weighted by Gasteiger charge is -2.13. The Morgan fingerprint density at radius 2 is 1.69 bits per heavy atom. The van der Waals surface area contributed by atoms with Crippen LogP contribution in [0.1, 0.15) is 40.4 Å². The number of ether oxygens (including phenoxy) is 1. The van der Waals surface area contributed by atoms with E-state index in [1.165, 1.54) is 35.9 Å². The van der Waals surface area contributed by atoms with Crippen molar-refractivity contribution in [1.29, 1.82) is 0 Å². The van der Waals surface area contributed by atoms with Crippen molar-refractivity contribution in [3.8, 4) is 5.69 Å². The third-order valence-corrected chi connectivity index (χ3v) is 5.29. The molecule has 0 saturated heterocycles. The second-order valence-corrected chi connectivity index (χ2v) is 7.55. The highest BCUT2D eigenvalue weighted by atomic mass is 19.4. The highest BCUT2D eigenvalue weighted by Gasteiger charge is 2.41. The minimum Gasteiger partial charge on any atom is -0.462 e. The van der Waals surface area contributed by atoms with Gasteiger partial charge in [0.1, 0.15) is 5.56 Å². The summed E-state index contributed by atoms with van der Waals surface area (Å²) in [5.74, 6) is -1.73. The molecule has 4 rings (SSSR count). The summed E-state index contributed by atoms with van der Waals surface area (Å²) in [6.07, 6.45) is -4.07. The molecule has 1 amide bonds.